The average Bonchev–Trinajstić information content (AvgIpc) is 2.75. The molecule has 0 atom stereocenters. The highest BCUT2D eigenvalue weighted by atomic mass is 79.9. The number of aryl methyl sites for hydroxylation is 1. The molecule has 0 saturated carbocycles. The minimum atomic E-state index is -0.700. The monoisotopic (exact) mass is 349 g/mol. The summed E-state index contributed by atoms with van der Waals surface area (Å²) in [6.07, 6.45) is 2.02. The van der Waals surface area contributed by atoms with Crippen molar-refractivity contribution in [2.75, 3.05) is 13.1 Å². The summed E-state index contributed by atoms with van der Waals surface area (Å²) >= 11 is 3.42. The number of rotatable bonds is 4. The van der Waals surface area contributed by atoms with Crippen LogP contribution in [-0.4, -0.2) is 38.8 Å². The first-order valence-electron chi connectivity index (χ1n) is 6.79. The van der Waals surface area contributed by atoms with Crippen LogP contribution in [-0.2, 0) is 11.3 Å². The van der Waals surface area contributed by atoms with Gasteiger partial charge in [-0.25, -0.2) is 4.68 Å². The highest BCUT2D eigenvalue weighted by Crippen LogP contribution is 2.21. The molecule has 21 heavy (non-hydrogen) atoms. The molecule has 1 aromatic heterocycles. The Kier molecular flexibility index (Phi) is 3.82. The number of aliphatic carboxylic acids is 1. The Morgan fingerprint density at radius 3 is 2.67 bits per heavy atom. The Morgan fingerprint density at radius 2 is 2.05 bits per heavy atom. The third-order valence-electron chi connectivity index (χ3n) is 3.79. The average molecular weight is 350 g/mol. The molecule has 1 fully saturated rings. The topological polar surface area (TPSA) is 58.4 Å². The number of carboxylic acids is 1. The second-order valence-corrected chi connectivity index (χ2v) is 6.31. The largest absolute Gasteiger partial charge is 0.481 e. The lowest BCUT2D eigenvalue weighted by Crippen LogP contribution is -2.49. The normalized spacial score (nSPS) is 15.9. The molecular formula is C15H16BrN3O2. The van der Waals surface area contributed by atoms with E-state index in [9.17, 15) is 4.79 Å². The molecule has 0 amide bonds. The van der Waals surface area contributed by atoms with Gasteiger partial charge in [-0.15, -0.1) is 0 Å². The first-order valence-corrected chi connectivity index (χ1v) is 7.58. The van der Waals surface area contributed by atoms with E-state index in [-0.39, 0.29) is 5.92 Å². The smallest absolute Gasteiger partial charge is 0.309 e. The van der Waals surface area contributed by atoms with Gasteiger partial charge in [0.15, 0.2) is 0 Å². The van der Waals surface area contributed by atoms with Crippen molar-refractivity contribution in [2.45, 2.75) is 13.5 Å². The van der Waals surface area contributed by atoms with Crippen molar-refractivity contribution in [3.8, 4) is 5.69 Å². The summed E-state index contributed by atoms with van der Waals surface area (Å²) in [7, 11) is 0. The maximum atomic E-state index is 10.8. The van der Waals surface area contributed by atoms with Crippen LogP contribution >= 0.6 is 15.9 Å². The predicted molar refractivity (Wildman–Crippen MR) is 82.4 cm³/mol. The molecule has 1 saturated heterocycles. The fraction of sp³-hybridized carbons (Fsp3) is 0.333. The molecule has 0 unspecified atom stereocenters. The van der Waals surface area contributed by atoms with Gasteiger partial charge in [0.1, 0.15) is 0 Å². The summed E-state index contributed by atoms with van der Waals surface area (Å²) in [6.45, 7) is 3.99. The highest BCUT2D eigenvalue weighted by Gasteiger charge is 2.32. The van der Waals surface area contributed by atoms with E-state index in [1.165, 1.54) is 0 Å². The van der Waals surface area contributed by atoms with E-state index >= 15 is 0 Å². The maximum Gasteiger partial charge on any atom is 0.309 e. The van der Waals surface area contributed by atoms with Crippen molar-refractivity contribution >= 4 is 21.9 Å². The first-order chi connectivity index (χ1) is 10.0. The summed E-state index contributed by atoms with van der Waals surface area (Å²) in [5.74, 6) is -0.916. The molecule has 5 nitrogen and oxygen atoms in total. The fourth-order valence-corrected chi connectivity index (χ4v) is 2.74. The number of likely N-dealkylation sites (tertiary alicyclic amines) is 1. The van der Waals surface area contributed by atoms with Crippen LogP contribution in [0, 0.1) is 12.8 Å². The Hall–Kier alpha value is -1.66. The van der Waals surface area contributed by atoms with Crippen LogP contribution in [0.25, 0.3) is 5.69 Å². The van der Waals surface area contributed by atoms with Gasteiger partial charge in [0.25, 0.3) is 0 Å². The zero-order chi connectivity index (χ0) is 15.0. The van der Waals surface area contributed by atoms with Gasteiger partial charge < -0.3 is 5.11 Å². The van der Waals surface area contributed by atoms with Gasteiger partial charge >= 0.3 is 5.97 Å². The molecule has 1 aromatic carbocycles. The highest BCUT2D eigenvalue weighted by molar-refractivity contribution is 9.10. The van der Waals surface area contributed by atoms with Crippen LogP contribution in [0.1, 0.15) is 11.3 Å². The molecule has 6 heteroatoms. The van der Waals surface area contributed by atoms with E-state index in [2.05, 4.69) is 25.9 Å². The molecule has 0 radical (unpaired) electrons. The van der Waals surface area contributed by atoms with E-state index in [1.54, 1.807) is 0 Å². The number of carbonyl (C=O) groups is 1. The number of hydrogen-bond donors (Lipinski definition) is 1. The Balaban J connectivity index is 1.70. The van der Waals surface area contributed by atoms with Crippen molar-refractivity contribution in [1.29, 1.82) is 0 Å². The molecule has 0 spiro atoms. The van der Waals surface area contributed by atoms with E-state index in [1.807, 2.05) is 42.1 Å². The van der Waals surface area contributed by atoms with Crippen molar-refractivity contribution in [2.24, 2.45) is 5.92 Å². The number of nitrogens with zero attached hydrogens (tertiary/aromatic N) is 3. The number of carboxylic acid groups (broad SMARTS) is 1. The zero-order valence-electron chi connectivity index (χ0n) is 11.7. The maximum absolute atomic E-state index is 10.8. The fourth-order valence-electron chi connectivity index (χ4n) is 2.47. The third kappa shape index (κ3) is 3.01. The van der Waals surface area contributed by atoms with Gasteiger partial charge in [-0.05, 0) is 31.2 Å². The summed E-state index contributed by atoms with van der Waals surface area (Å²) in [6, 6.07) is 7.98. The lowest BCUT2D eigenvalue weighted by Gasteiger charge is -2.36. The van der Waals surface area contributed by atoms with Gasteiger partial charge in [0, 0.05) is 35.9 Å². The summed E-state index contributed by atoms with van der Waals surface area (Å²) in [5.41, 5.74) is 3.14. The van der Waals surface area contributed by atoms with Crippen LogP contribution in [0.4, 0.5) is 0 Å². The first kappa shape index (κ1) is 14.3. The van der Waals surface area contributed by atoms with Gasteiger partial charge in [0.05, 0.1) is 17.3 Å². The lowest BCUT2D eigenvalue weighted by atomic mass is 10.00. The molecule has 1 N–H and O–H groups in total. The molecule has 1 aliphatic heterocycles. The SMILES string of the molecule is Cc1nn(-c2ccc(Br)cc2)cc1CN1CC(C(=O)O)C1. The van der Waals surface area contributed by atoms with Crippen LogP contribution < -0.4 is 0 Å². The Labute approximate surface area is 131 Å². The van der Waals surface area contributed by atoms with E-state index in [0.717, 1.165) is 28.0 Å². The van der Waals surface area contributed by atoms with Crippen molar-refractivity contribution in [1.82, 2.24) is 14.7 Å². The summed E-state index contributed by atoms with van der Waals surface area (Å²) in [4.78, 5) is 12.9. The van der Waals surface area contributed by atoms with Gasteiger partial charge in [-0.2, -0.15) is 5.10 Å². The van der Waals surface area contributed by atoms with Crippen LogP contribution in [0.2, 0.25) is 0 Å². The number of benzene rings is 1. The lowest BCUT2D eigenvalue weighted by molar-refractivity contribution is -0.147. The summed E-state index contributed by atoms with van der Waals surface area (Å²) in [5, 5.41) is 13.4. The molecule has 3 rings (SSSR count). The van der Waals surface area contributed by atoms with Gasteiger partial charge in [0.2, 0.25) is 0 Å². The minimum Gasteiger partial charge on any atom is -0.481 e. The molecule has 0 bridgehead atoms. The van der Waals surface area contributed by atoms with Crippen molar-refractivity contribution < 1.29 is 9.90 Å². The standard InChI is InChI=1S/C15H16BrN3O2/c1-10-11(6-18-7-12(8-18)15(20)21)9-19(17-10)14-4-2-13(16)3-5-14/h2-5,9,12H,6-8H2,1H3,(H,20,21). The molecule has 110 valence electrons. The van der Waals surface area contributed by atoms with Crippen LogP contribution in [0.3, 0.4) is 0 Å². The molecular weight excluding hydrogens is 334 g/mol. The van der Waals surface area contributed by atoms with Crippen molar-refractivity contribution in [3.63, 3.8) is 0 Å². The summed E-state index contributed by atoms with van der Waals surface area (Å²) < 4.78 is 2.90. The van der Waals surface area contributed by atoms with Gasteiger partial charge in [-0.3, -0.25) is 9.69 Å². The zero-order valence-corrected chi connectivity index (χ0v) is 13.2. The predicted octanol–water partition coefficient (Wildman–Crippen LogP) is 2.46. The number of hydrogen-bond acceptors (Lipinski definition) is 3. The van der Waals surface area contributed by atoms with E-state index < -0.39 is 5.97 Å². The quantitative estimate of drug-likeness (QED) is 0.920. The molecule has 2 aromatic rings. The Bertz CT molecular complexity index is 660. The van der Waals surface area contributed by atoms with Crippen LogP contribution in [0.5, 0.6) is 0 Å². The second-order valence-electron chi connectivity index (χ2n) is 5.39. The Morgan fingerprint density at radius 1 is 1.38 bits per heavy atom. The minimum absolute atomic E-state index is 0.216. The third-order valence-corrected chi connectivity index (χ3v) is 4.32. The number of aromatic nitrogens is 2. The second kappa shape index (κ2) is 5.61. The molecule has 1 aliphatic rings. The van der Waals surface area contributed by atoms with E-state index in [4.69, 9.17) is 5.11 Å². The molecule has 0 aliphatic carbocycles. The van der Waals surface area contributed by atoms with Gasteiger partial charge in [-0.1, -0.05) is 15.9 Å². The van der Waals surface area contributed by atoms with Crippen LogP contribution in [0.15, 0.2) is 34.9 Å². The van der Waals surface area contributed by atoms with E-state index in [0.29, 0.717) is 13.1 Å². The molecule has 2 heterocycles. The number of halogens is 1. The van der Waals surface area contributed by atoms with Crippen molar-refractivity contribution in [3.05, 3.63) is 46.2 Å².